The van der Waals surface area contributed by atoms with Gasteiger partial charge in [0.2, 0.25) is 5.91 Å². The maximum Gasteiger partial charge on any atom is 0.238 e. The van der Waals surface area contributed by atoms with E-state index in [1.807, 2.05) is 0 Å². The van der Waals surface area contributed by atoms with Gasteiger partial charge in [-0.15, -0.1) is 0 Å². The Labute approximate surface area is 82.7 Å². The van der Waals surface area contributed by atoms with E-state index in [1.54, 1.807) is 31.2 Å². The summed E-state index contributed by atoms with van der Waals surface area (Å²) in [4.78, 5) is 11.0. The molecule has 1 aromatic carbocycles. The molecule has 76 valence electrons. The van der Waals surface area contributed by atoms with E-state index in [0.717, 1.165) is 0 Å². The standard InChI is InChI=1S/C10H14N2O2/c1-7(13)8-4-2-3-5-9(8)12-10(14)6-11/h2-5,7,13H,6,11H2,1H3,(H,12,14). The molecule has 0 aliphatic carbocycles. The Hall–Kier alpha value is -1.39. The molecule has 1 rings (SSSR count). The van der Waals surface area contributed by atoms with Gasteiger partial charge >= 0.3 is 0 Å². The van der Waals surface area contributed by atoms with E-state index in [-0.39, 0.29) is 12.5 Å². The first-order valence-corrected chi connectivity index (χ1v) is 4.42. The molecule has 4 heteroatoms. The lowest BCUT2D eigenvalue weighted by molar-refractivity contribution is -0.114. The molecule has 1 amide bonds. The molecule has 0 radical (unpaired) electrons. The Balaban J connectivity index is 2.90. The van der Waals surface area contributed by atoms with E-state index in [0.29, 0.717) is 11.3 Å². The number of rotatable bonds is 3. The fourth-order valence-electron chi connectivity index (χ4n) is 1.18. The van der Waals surface area contributed by atoms with Crippen molar-refractivity contribution in [1.29, 1.82) is 0 Å². The average molecular weight is 194 g/mol. The fraction of sp³-hybridized carbons (Fsp3) is 0.300. The van der Waals surface area contributed by atoms with Gasteiger partial charge in [0.15, 0.2) is 0 Å². The first-order chi connectivity index (χ1) is 6.65. The van der Waals surface area contributed by atoms with Crippen molar-refractivity contribution in [3.05, 3.63) is 29.8 Å². The van der Waals surface area contributed by atoms with E-state index in [1.165, 1.54) is 0 Å². The SMILES string of the molecule is CC(O)c1ccccc1NC(=O)CN. The Morgan fingerprint density at radius 1 is 1.57 bits per heavy atom. The van der Waals surface area contributed by atoms with Crippen molar-refractivity contribution in [1.82, 2.24) is 0 Å². The van der Waals surface area contributed by atoms with Crippen molar-refractivity contribution in [3.63, 3.8) is 0 Å². The number of nitrogens with two attached hydrogens (primary N) is 1. The van der Waals surface area contributed by atoms with Crippen LogP contribution in [0.5, 0.6) is 0 Å². The van der Waals surface area contributed by atoms with Crippen LogP contribution < -0.4 is 11.1 Å². The second-order valence-corrected chi connectivity index (χ2v) is 3.02. The van der Waals surface area contributed by atoms with Gasteiger partial charge in [-0.3, -0.25) is 4.79 Å². The highest BCUT2D eigenvalue weighted by atomic mass is 16.3. The van der Waals surface area contributed by atoms with Gasteiger partial charge in [0.05, 0.1) is 12.6 Å². The molecule has 0 saturated heterocycles. The maximum atomic E-state index is 11.0. The summed E-state index contributed by atoms with van der Waals surface area (Å²) >= 11 is 0. The summed E-state index contributed by atoms with van der Waals surface area (Å²) in [6.45, 7) is 1.58. The van der Waals surface area contributed by atoms with Crippen LogP contribution in [0.15, 0.2) is 24.3 Å². The zero-order valence-electron chi connectivity index (χ0n) is 8.03. The Bertz CT molecular complexity index is 324. The van der Waals surface area contributed by atoms with Gasteiger partial charge < -0.3 is 16.2 Å². The van der Waals surface area contributed by atoms with Crippen molar-refractivity contribution in [2.24, 2.45) is 5.73 Å². The molecular formula is C10H14N2O2. The molecule has 4 nitrogen and oxygen atoms in total. The third-order valence-corrected chi connectivity index (χ3v) is 1.87. The summed E-state index contributed by atoms with van der Waals surface area (Å²) < 4.78 is 0. The van der Waals surface area contributed by atoms with E-state index in [2.05, 4.69) is 5.32 Å². The maximum absolute atomic E-state index is 11.0. The number of amides is 1. The van der Waals surface area contributed by atoms with E-state index in [9.17, 15) is 9.90 Å². The van der Waals surface area contributed by atoms with Gasteiger partial charge in [0.1, 0.15) is 0 Å². The number of para-hydroxylation sites is 1. The number of carbonyl (C=O) groups is 1. The van der Waals surface area contributed by atoms with Crippen LogP contribution >= 0.6 is 0 Å². The number of aliphatic hydroxyl groups is 1. The zero-order valence-corrected chi connectivity index (χ0v) is 8.03. The third-order valence-electron chi connectivity index (χ3n) is 1.87. The first kappa shape index (κ1) is 10.7. The van der Waals surface area contributed by atoms with Crippen LogP contribution in [0.1, 0.15) is 18.6 Å². The highest BCUT2D eigenvalue weighted by Gasteiger charge is 2.08. The number of hydrogen-bond donors (Lipinski definition) is 3. The van der Waals surface area contributed by atoms with Crippen LogP contribution in [0.3, 0.4) is 0 Å². The van der Waals surface area contributed by atoms with Crippen molar-refractivity contribution in [2.75, 3.05) is 11.9 Å². The van der Waals surface area contributed by atoms with Crippen molar-refractivity contribution >= 4 is 11.6 Å². The minimum Gasteiger partial charge on any atom is -0.389 e. The van der Waals surface area contributed by atoms with Gasteiger partial charge in [-0.1, -0.05) is 18.2 Å². The molecule has 0 saturated carbocycles. The largest absolute Gasteiger partial charge is 0.389 e. The second-order valence-electron chi connectivity index (χ2n) is 3.02. The summed E-state index contributed by atoms with van der Waals surface area (Å²) in [5.41, 5.74) is 6.47. The zero-order chi connectivity index (χ0) is 10.6. The van der Waals surface area contributed by atoms with Crippen LogP contribution in [0.2, 0.25) is 0 Å². The van der Waals surface area contributed by atoms with Crippen molar-refractivity contribution in [3.8, 4) is 0 Å². The fourth-order valence-corrected chi connectivity index (χ4v) is 1.18. The minimum absolute atomic E-state index is 0.0614. The van der Waals surface area contributed by atoms with Crippen LogP contribution in [0.25, 0.3) is 0 Å². The third kappa shape index (κ3) is 2.55. The molecule has 0 spiro atoms. The number of aliphatic hydroxyl groups excluding tert-OH is 1. The predicted octanol–water partition coefficient (Wildman–Crippen LogP) is 0.637. The van der Waals surface area contributed by atoms with Crippen LogP contribution in [-0.4, -0.2) is 17.6 Å². The molecule has 1 atom stereocenters. The smallest absolute Gasteiger partial charge is 0.238 e. The van der Waals surface area contributed by atoms with Crippen LogP contribution in [0, 0.1) is 0 Å². The van der Waals surface area contributed by atoms with E-state index >= 15 is 0 Å². The molecule has 4 N–H and O–H groups in total. The van der Waals surface area contributed by atoms with Crippen molar-refractivity contribution < 1.29 is 9.90 Å². The molecule has 0 bridgehead atoms. The molecule has 0 heterocycles. The molecule has 1 aromatic rings. The molecule has 1 unspecified atom stereocenters. The summed E-state index contributed by atoms with van der Waals surface area (Å²) in [6.07, 6.45) is -0.607. The van der Waals surface area contributed by atoms with Crippen LogP contribution in [0.4, 0.5) is 5.69 Å². The normalized spacial score (nSPS) is 12.2. The molecule has 0 aliphatic heterocycles. The number of carbonyl (C=O) groups excluding carboxylic acids is 1. The average Bonchev–Trinajstić information content (AvgIpc) is 2.18. The quantitative estimate of drug-likeness (QED) is 0.660. The molecule has 0 aliphatic rings. The summed E-state index contributed by atoms with van der Waals surface area (Å²) in [5.74, 6) is -0.266. The van der Waals surface area contributed by atoms with E-state index < -0.39 is 6.10 Å². The lowest BCUT2D eigenvalue weighted by Gasteiger charge is -2.12. The number of hydrogen-bond acceptors (Lipinski definition) is 3. The van der Waals surface area contributed by atoms with E-state index in [4.69, 9.17) is 5.73 Å². The van der Waals surface area contributed by atoms with Gasteiger partial charge in [-0.25, -0.2) is 0 Å². The van der Waals surface area contributed by atoms with Gasteiger partial charge in [-0.2, -0.15) is 0 Å². The molecule has 14 heavy (non-hydrogen) atoms. The predicted molar refractivity (Wildman–Crippen MR) is 54.8 cm³/mol. The second kappa shape index (κ2) is 4.74. The highest BCUT2D eigenvalue weighted by molar-refractivity contribution is 5.92. The highest BCUT2D eigenvalue weighted by Crippen LogP contribution is 2.21. The van der Waals surface area contributed by atoms with Gasteiger partial charge in [0.25, 0.3) is 0 Å². The lowest BCUT2D eigenvalue weighted by Crippen LogP contribution is -2.22. The van der Waals surface area contributed by atoms with Gasteiger partial charge in [-0.05, 0) is 13.0 Å². The van der Waals surface area contributed by atoms with Crippen LogP contribution in [-0.2, 0) is 4.79 Å². The molecule has 0 aromatic heterocycles. The lowest BCUT2D eigenvalue weighted by atomic mass is 10.1. The summed E-state index contributed by atoms with van der Waals surface area (Å²) in [5, 5.41) is 12.0. The molecular weight excluding hydrogens is 180 g/mol. The number of anilines is 1. The van der Waals surface area contributed by atoms with Gasteiger partial charge in [0, 0.05) is 11.3 Å². The monoisotopic (exact) mass is 194 g/mol. The Morgan fingerprint density at radius 3 is 2.79 bits per heavy atom. The Morgan fingerprint density at radius 2 is 2.21 bits per heavy atom. The molecule has 0 fully saturated rings. The topological polar surface area (TPSA) is 75.3 Å². The number of benzene rings is 1. The minimum atomic E-state index is -0.607. The summed E-state index contributed by atoms with van der Waals surface area (Å²) in [7, 11) is 0. The first-order valence-electron chi connectivity index (χ1n) is 4.42. The van der Waals surface area contributed by atoms with Crippen molar-refractivity contribution in [2.45, 2.75) is 13.0 Å². The number of nitrogens with one attached hydrogen (secondary N) is 1. The Kier molecular flexibility index (Phi) is 3.62. The summed E-state index contributed by atoms with van der Waals surface area (Å²) in [6, 6.07) is 7.09.